The summed E-state index contributed by atoms with van der Waals surface area (Å²) in [5.74, 6) is 0. The minimum absolute atomic E-state index is 0.0321. The van der Waals surface area contributed by atoms with Crippen molar-refractivity contribution >= 4 is 10.3 Å². The highest BCUT2D eigenvalue weighted by atomic mass is 32.2. The first-order valence-corrected chi connectivity index (χ1v) is 4.78. The van der Waals surface area contributed by atoms with Gasteiger partial charge in [-0.25, -0.2) is 14.8 Å². The van der Waals surface area contributed by atoms with Crippen LogP contribution in [-0.4, -0.2) is 29.7 Å². The number of aromatic nitrogens is 2. The van der Waals surface area contributed by atoms with Crippen LogP contribution < -0.4 is 9.62 Å². The van der Waals surface area contributed by atoms with Crippen LogP contribution in [0.15, 0.2) is 18.5 Å². The van der Waals surface area contributed by atoms with E-state index >= 15 is 0 Å². The van der Waals surface area contributed by atoms with E-state index in [1.165, 1.54) is 17.3 Å². The van der Waals surface area contributed by atoms with Crippen LogP contribution in [-0.2, 0) is 15.1 Å². The van der Waals surface area contributed by atoms with Crippen molar-refractivity contribution in [2.45, 2.75) is 0 Å². The van der Waals surface area contributed by atoms with Gasteiger partial charge < -0.3 is 4.74 Å². The fraction of sp³-hybridized carbons (Fsp3) is 0.200. The molecule has 9 heteroatoms. The molecule has 0 bridgehead atoms. The van der Waals surface area contributed by atoms with Gasteiger partial charge in [0.05, 0.1) is 0 Å². The zero-order chi connectivity index (χ0) is 10.4. The maximum absolute atomic E-state index is 10.1. The van der Waals surface area contributed by atoms with Crippen molar-refractivity contribution in [2.24, 2.45) is 0 Å². The van der Waals surface area contributed by atoms with Crippen LogP contribution >= 0.6 is 0 Å². The highest BCUT2D eigenvalue weighted by Crippen LogP contribution is 1.96. The van der Waals surface area contributed by atoms with Crippen molar-refractivity contribution in [3.63, 3.8) is 0 Å². The van der Waals surface area contributed by atoms with Crippen molar-refractivity contribution in [1.29, 1.82) is 0 Å². The first-order valence-electron chi connectivity index (χ1n) is 3.34. The number of nitrogens with zero attached hydrogens (tertiary/aromatic N) is 2. The second-order valence-corrected chi connectivity index (χ2v) is 3.11. The van der Waals surface area contributed by atoms with Crippen molar-refractivity contribution in [1.82, 2.24) is 14.9 Å². The quantitative estimate of drug-likeness (QED) is 0.288. The molecule has 2 N–H and O–H groups in total. The van der Waals surface area contributed by atoms with Crippen molar-refractivity contribution in [3.05, 3.63) is 18.5 Å². The molecule has 0 saturated carbocycles. The highest BCUT2D eigenvalue weighted by Gasteiger charge is 2.02. The van der Waals surface area contributed by atoms with Gasteiger partial charge in [-0.15, -0.1) is 0 Å². The zero-order valence-corrected chi connectivity index (χ0v) is 7.64. The lowest BCUT2D eigenvalue weighted by Crippen LogP contribution is -2.25. The molecular formula is C5H7N3O5S. The number of hydrogen-bond acceptors (Lipinski definition) is 6. The molecule has 1 rings (SSSR count). The van der Waals surface area contributed by atoms with Gasteiger partial charge in [-0.1, -0.05) is 4.89 Å². The van der Waals surface area contributed by atoms with Crippen LogP contribution in [0.5, 0.6) is 6.01 Å². The van der Waals surface area contributed by atoms with Gasteiger partial charge in [0.2, 0.25) is 6.79 Å². The van der Waals surface area contributed by atoms with Crippen LogP contribution in [0.4, 0.5) is 0 Å². The lowest BCUT2D eigenvalue weighted by atomic mass is 10.7. The summed E-state index contributed by atoms with van der Waals surface area (Å²) in [5, 5.41) is 0. The molecule has 0 aromatic carbocycles. The van der Waals surface area contributed by atoms with E-state index in [9.17, 15) is 8.42 Å². The Balaban J connectivity index is 2.23. The van der Waals surface area contributed by atoms with Gasteiger partial charge in [0.1, 0.15) is 0 Å². The van der Waals surface area contributed by atoms with E-state index < -0.39 is 17.1 Å². The minimum atomic E-state index is -4.37. The maximum Gasteiger partial charge on any atom is 0.355 e. The SMILES string of the molecule is O=S(=O)(O)NOCOc1ncccn1. The van der Waals surface area contributed by atoms with E-state index in [0.29, 0.717) is 0 Å². The molecule has 78 valence electrons. The molecule has 1 aromatic heterocycles. The summed E-state index contributed by atoms with van der Waals surface area (Å²) in [6, 6.07) is 1.62. The van der Waals surface area contributed by atoms with Crippen molar-refractivity contribution in [3.8, 4) is 6.01 Å². The molecule has 0 aliphatic heterocycles. The largest absolute Gasteiger partial charge is 0.435 e. The molecule has 0 atom stereocenters. The van der Waals surface area contributed by atoms with Crippen molar-refractivity contribution in [2.75, 3.05) is 6.79 Å². The van der Waals surface area contributed by atoms with E-state index in [-0.39, 0.29) is 6.01 Å². The van der Waals surface area contributed by atoms with Gasteiger partial charge in [-0.3, -0.25) is 4.55 Å². The smallest absolute Gasteiger partial charge is 0.355 e. The Labute approximate surface area is 79.7 Å². The lowest BCUT2D eigenvalue weighted by Gasteiger charge is -2.03. The predicted octanol–water partition coefficient (Wildman–Crippen LogP) is -0.863. The van der Waals surface area contributed by atoms with E-state index in [4.69, 9.17) is 9.29 Å². The molecule has 8 nitrogen and oxygen atoms in total. The first kappa shape index (κ1) is 10.8. The summed E-state index contributed by atoms with van der Waals surface area (Å²) in [6.45, 7) is -0.455. The normalized spacial score (nSPS) is 11.2. The summed E-state index contributed by atoms with van der Waals surface area (Å²) in [7, 11) is -4.37. The first-order chi connectivity index (χ1) is 6.58. The van der Waals surface area contributed by atoms with Gasteiger partial charge in [0.15, 0.2) is 0 Å². The molecule has 0 aliphatic rings. The van der Waals surface area contributed by atoms with Gasteiger partial charge in [0.25, 0.3) is 0 Å². The van der Waals surface area contributed by atoms with Crippen LogP contribution in [0.3, 0.4) is 0 Å². The number of nitrogens with one attached hydrogen (secondary N) is 1. The maximum atomic E-state index is 10.1. The van der Waals surface area contributed by atoms with Crippen LogP contribution in [0, 0.1) is 0 Å². The van der Waals surface area contributed by atoms with Crippen LogP contribution in [0.2, 0.25) is 0 Å². The van der Waals surface area contributed by atoms with Crippen molar-refractivity contribution < 1.29 is 22.5 Å². The average Bonchev–Trinajstić information content (AvgIpc) is 2.13. The monoisotopic (exact) mass is 221 g/mol. The average molecular weight is 221 g/mol. The molecule has 0 amide bonds. The number of ether oxygens (including phenoxy) is 1. The molecule has 14 heavy (non-hydrogen) atoms. The van der Waals surface area contributed by atoms with Gasteiger partial charge in [-0.2, -0.15) is 8.42 Å². The van der Waals surface area contributed by atoms with Gasteiger partial charge in [-0.05, 0) is 6.07 Å². The second kappa shape index (κ2) is 4.81. The van der Waals surface area contributed by atoms with Crippen LogP contribution in [0.25, 0.3) is 0 Å². The highest BCUT2D eigenvalue weighted by molar-refractivity contribution is 7.83. The number of hydrogen-bond donors (Lipinski definition) is 2. The fourth-order valence-electron chi connectivity index (χ4n) is 0.541. The standard InChI is InChI=1S/C5H7N3O5S/c9-14(10,11)8-13-4-12-5-6-2-1-3-7-5/h1-3,8H,4H2,(H,9,10,11). The molecule has 0 radical (unpaired) electrons. The molecule has 0 fully saturated rings. The van der Waals surface area contributed by atoms with Gasteiger partial charge >= 0.3 is 16.3 Å². The second-order valence-electron chi connectivity index (χ2n) is 2.00. The van der Waals surface area contributed by atoms with E-state index in [2.05, 4.69) is 14.8 Å². The Kier molecular flexibility index (Phi) is 3.71. The molecule has 0 unspecified atom stereocenters. The van der Waals surface area contributed by atoms with E-state index in [1.54, 1.807) is 6.07 Å². The summed E-state index contributed by atoms with van der Waals surface area (Å²) in [6.07, 6.45) is 2.89. The van der Waals surface area contributed by atoms with Gasteiger partial charge in [0, 0.05) is 12.4 Å². The molecular weight excluding hydrogens is 214 g/mol. The molecule has 1 heterocycles. The summed E-state index contributed by atoms with van der Waals surface area (Å²) >= 11 is 0. The third-order valence-electron chi connectivity index (χ3n) is 0.953. The van der Waals surface area contributed by atoms with E-state index in [1.807, 2.05) is 0 Å². The summed E-state index contributed by atoms with van der Waals surface area (Å²) < 4.78 is 33.0. The lowest BCUT2D eigenvalue weighted by molar-refractivity contribution is -0.0210. The minimum Gasteiger partial charge on any atom is -0.435 e. The molecule has 1 aromatic rings. The number of rotatable bonds is 5. The Morgan fingerprint density at radius 2 is 2.07 bits per heavy atom. The molecule has 0 spiro atoms. The topological polar surface area (TPSA) is 111 Å². The molecule has 0 aliphatic carbocycles. The Bertz CT molecular complexity index is 366. The van der Waals surface area contributed by atoms with Crippen LogP contribution in [0.1, 0.15) is 0 Å². The summed E-state index contributed by atoms with van der Waals surface area (Å²) in [5.41, 5.74) is 0. The van der Waals surface area contributed by atoms with E-state index in [0.717, 1.165) is 0 Å². The Morgan fingerprint density at radius 1 is 1.43 bits per heavy atom. The third kappa shape index (κ3) is 4.67. The predicted molar refractivity (Wildman–Crippen MR) is 43.3 cm³/mol. The zero-order valence-electron chi connectivity index (χ0n) is 6.82. The Hall–Kier alpha value is -1.29. The third-order valence-corrected chi connectivity index (χ3v) is 1.28. The molecule has 0 saturated heterocycles. The summed E-state index contributed by atoms with van der Waals surface area (Å²) in [4.78, 5) is 12.9. The Morgan fingerprint density at radius 3 is 2.64 bits per heavy atom. The fourth-order valence-corrected chi connectivity index (χ4v) is 0.738.